The van der Waals surface area contributed by atoms with Crippen LogP contribution in [0.15, 0.2) is 47.5 Å². The first-order valence-electron chi connectivity index (χ1n) is 12.6. The van der Waals surface area contributed by atoms with Crippen LogP contribution < -0.4 is 5.32 Å². The molecule has 8 nitrogen and oxygen atoms in total. The van der Waals surface area contributed by atoms with Gasteiger partial charge in [-0.2, -0.15) is 5.26 Å². The first kappa shape index (κ1) is 26.2. The van der Waals surface area contributed by atoms with Crippen molar-refractivity contribution in [3.8, 4) is 17.2 Å². The van der Waals surface area contributed by atoms with Crippen LogP contribution >= 0.6 is 0 Å². The van der Waals surface area contributed by atoms with E-state index in [0.29, 0.717) is 18.4 Å². The molecule has 2 heterocycles. The maximum Gasteiger partial charge on any atom is 0.267 e. The molecule has 3 unspecified atom stereocenters. The summed E-state index contributed by atoms with van der Waals surface area (Å²) in [4.78, 5) is 31.8. The molecular weight excluding hydrogens is 514 g/mol. The molecule has 2 saturated carbocycles. The van der Waals surface area contributed by atoms with E-state index in [2.05, 4.69) is 16.4 Å². The van der Waals surface area contributed by atoms with Crippen LogP contribution in [0.2, 0.25) is 0 Å². The molecule has 5 rings (SSSR count). The number of benzene rings is 1. The Balaban J connectivity index is 1.43. The highest BCUT2D eigenvalue weighted by Crippen LogP contribution is 2.43. The van der Waals surface area contributed by atoms with Gasteiger partial charge in [-0.1, -0.05) is 12.1 Å². The average molecular weight is 543 g/mol. The lowest BCUT2D eigenvalue weighted by molar-refractivity contribution is -0.141. The van der Waals surface area contributed by atoms with E-state index in [0.717, 1.165) is 16.2 Å². The van der Waals surface area contributed by atoms with E-state index in [-0.39, 0.29) is 24.3 Å². The minimum absolute atomic E-state index is 0.0603. The van der Waals surface area contributed by atoms with Crippen molar-refractivity contribution in [3.63, 3.8) is 0 Å². The van der Waals surface area contributed by atoms with Gasteiger partial charge in [0.25, 0.3) is 5.92 Å². The molecule has 2 amide bonds. The summed E-state index contributed by atoms with van der Waals surface area (Å²) in [5, 5.41) is 11.0. The third-order valence-electron chi connectivity index (χ3n) is 7.81. The number of pyridine rings is 1. The molecule has 2 aliphatic carbocycles. The van der Waals surface area contributed by atoms with Crippen LogP contribution in [0.4, 0.5) is 8.78 Å². The number of likely N-dealkylation sites (tertiary alicyclic amines) is 1. The number of sulfone groups is 1. The lowest BCUT2D eigenvalue weighted by Gasteiger charge is -2.24. The molecule has 11 heteroatoms. The smallest absolute Gasteiger partial charge is 0.267 e. The topological polar surface area (TPSA) is 120 Å². The average Bonchev–Trinajstić information content (AvgIpc) is 3.33. The van der Waals surface area contributed by atoms with Crippen molar-refractivity contribution in [2.24, 2.45) is 11.8 Å². The number of amides is 2. The Bertz CT molecular complexity index is 1430. The van der Waals surface area contributed by atoms with Gasteiger partial charge in [0.05, 0.1) is 34.6 Å². The minimum Gasteiger partial charge on any atom is -0.338 e. The lowest BCUT2D eigenvalue weighted by Crippen LogP contribution is -2.45. The van der Waals surface area contributed by atoms with Crippen molar-refractivity contribution in [1.29, 1.82) is 5.26 Å². The number of hydrogen-bond acceptors (Lipinski definition) is 6. The molecule has 1 aliphatic heterocycles. The third kappa shape index (κ3) is 5.01. The number of rotatable bonds is 6. The van der Waals surface area contributed by atoms with Gasteiger partial charge in [0.2, 0.25) is 11.8 Å². The number of aromatic nitrogens is 1. The predicted molar refractivity (Wildman–Crippen MR) is 133 cm³/mol. The highest BCUT2D eigenvalue weighted by Gasteiger charge is 2.53. The molecule has 0 spiro atoms. The highest BCUT2D eigenvalue weighted by molar-refractivity contribution is 7.92. The zero-order valence-corrected chi connectivity index (χ0v) is 21.7. The molecule has 38 heavy (non-hydrogen) atoms. The number of nitrogens with zero attached hydrogens (tertiary/aromatic N) is 3. The Morgan fingerprint density at radius 3 is 2.45 bits per heavy atom. The molecule has 2 aromatic rings. The highest BCUT2D eigenvalue weighted by atomic mass is 32.2. The summed E-state index contributed by atoms with van der Waals surface area (Å²) in [6, 6.07) is 12.1. The lowest BCUT2D eigenvalue weighted by atomic mass is 9.93. The van der Waals surface area contributed by atoms with E-state index < -0.39 is 63.2 Å². The molecule has 1 aromatic heterocycles. The number of carbonyl (C=O) groups is 2. The molecule has 1 N–H and O–H groups in total. The zero-order valence-electron chi connectivity index (χ0n) is 20.9. The number of alkyl halides is 2. The maximum absolute atomic E-state index is 13.9. The Labute approximate surface area is 220 Å². The number of nitrogens with one attached hydrogen (secondary N) is 1. The Morgan fingerprint density at radius 1 is 1.11 bits per heavy atom. The summed E-state index contributed by atoms with van der Waals surface area (Å²) >= 11 is 0. The van der Waals surface area contributed by atoms with Crippen molar-refractivity contribution in [3.05, 3.63) is 48.3 Å². The fraction of sp³-hybridized carbons (Fsp3) is 0.481. The van der Waals surface area contributed by atoms with Gasteiger partial charge in [0.15, 0.2) is 9.84 Å². The van der Waals surface area contributed by atoms with E-state index in [1.165, 1.54) is 6.07 Å². The fourth-order valence-electron chi connectivity index (χ4n) is 5.45. The number of nitriles is 1. The summed E-state index contributed by atoms with van der Waals surface area (Å²) in [5.41, 5.74) is 1.26. The van der Waals surface area contributed by atoms with Crippen LogP contribution in [-0.4, -0.2) is 59.9 Å². The monoisotopic (exact) mass is 542 g/mol. The van der Waals surface area contributed by atoms with Crippen LogP contribution in [0.1, 0.15) is 37.8 Å². The van der Waals surface area contributed by atoms with Crippen molar-refractivity contribution in [2.45, 2.75) is 60.6 Å². The zero-order chi connectivity index (χ0) is 27.3. The van der Waals surface area contributed by atoms with E-state index >= 15 is 0 Å². The molecule has 200 valence electrons. The molecule has 3 atom stereocenters. The Morgan fingerprint density at radius 2 is 1.82 bits per heavy atom. The summed E-state index contributed by atoms with van der Waals surface area (Å²) in [7, 11) is -3.97. The normalized spacial score (nSPS) is 25.5. The van der Waals surface area contributed by atoms with Gasteiger partial charge in [-0.25, -0.2) is 17.2 Å². The second kappa shape index (κ2) is 9.42. The van der Waals surface area contributed by atoms with Gasteiger partial charge in [-0.3, -0.25) is 14.6 Å². The summed E-state index contributed by atoms with van der Waals surface area (Å²) in [6.45, 7) is 0.937. The molecule has 3 fully saturated rings. The van der Waals surface area contributed by atoms with Crippen LogP contribution in [0, 0.1) is 30.1 Å². The van der Waals surface area contributed by atoms with Crippen molar-refractivity contribution in [2.75, 3.05) is 13.1 Å². The van der Waals surface area contributed by atoms with E-state index in [1.807, 2.05) is 13.0 Å². The second-order valence-electron chi connectivity index (χ2n) is 10.6. The van der Waals surface area contributed by atoms with Crippen LogP contribution in [0.3, 0.4) is 0 Å². The minimum atomic E-state index is -3.97. The standard InChI is InChI=1S/C27H28F2N4O4S/c1-17-11-19(5-9-31-17)18-3-2-4-20(12-18)38(36,37)21-13-22(24(34)32-26(15-30)6-7-26)23(14-21)25(35)33-10-8-27(28,29)16-33/h2-5,9,11-12,21-23H,6-8,10,13-14,16H2,1H3,(H,32,34). The van der Waals surface area contributed by atoms with Crippen molar-refractivity contribution >= 4 is 21.7 Å². The van der Waals surface area contributed by atoms with Crippen molar-refractivity contribution < 1.29 is 26.8 Å². The Hall–Kier alpha value is -3.39. The SMILES string of the molecule is Cc1cc(-c2cccc(S(=O)(=O)C3CC(C(=O)NC4(C#N)CC4)C(C(=O)N4CCC(F)(F)C4)C3)c2)ccn1. The third-order valence-corrected chi connectivity index (χ3v) is 9.99. The van der Waals surface area contributed by atoms with Gasteiger partial charge in [0.1, 0.15) is 5.54 Å². The summed E-state index contributed by atoms with van der Waals surface area (Å²) < 4.78 is 55.2. The number of carbonyl (C=O) groups excluding carboxylic acids is 2. The largest absolute Gasteiger partial charge is 0.338 e. The number of hydrogen-bond donors (Lipinski definition) is 1. The molecule has 3 aliphatic rings. The maximum atomic E-state index is 13.9. The Kier molecular flexibility index (Phi) is 6.50. The van der Waals surface area contributed by atoms with Crippen LogP contribution in [0.25, 0.3) is 11.1 Å². The molecule has 1 aromatic carbocycles. The van der Waals surface area contributed by atoms with Crippen molar-refractivity contribution in [1.82, 2.24) is 15.2 Å². The second-order valence-corrected chi connectivity index (χ2v) is 12.8. The van der Waals surface area contributed by atoms with E-state index in [1.54, 1.807) is 30.5 Å². The molecule has 0 radical (unpaired) electrons. The quantitative estimate of drug-likeness (QED) is 0.598. The molecular formula is C27H28F2N4O4S. The number of aryl methyl sites for hydroxylation is 1. The predicted octanol–water partition coefficient (Wildman–Crippen LogP) is 3.27. The van der Waals surface area contributed by atoms with Gasteiger partial charge in [-0.15, -0.1) is 0 Å². The van der Waals surface area contributed by atoms with Gasteiger partial charge >= 0.3 is 0 Å². The van der Waals surface area contributed by atoms with E-state index in [9.17, 15) is 32.0 Å². The first-order valence-corrected chi connectivity index (χ1v) is 14.1. The van der Waals surface area contributed by atoms with Gasteiger partial charge in [-0.05, 0) is 68.0 Å². The summed E-state index contributed by atoms with van der Waals surface area (Å²) in [5.74, 6) is -6.32. The molecule has 1 saturated heterocycles. The summed E-state index contributed by atoms with van der Waals surface area (Å²) in [6.07, 6.45) is 1.83. The fourth-order valence-corrected chi connectivity index (χ4v) is 7.32. The van der Waals surface area contributed by atoms with Crippen LogP contribution in [0.5, 0.6) is 0 Å². The number of halogens is 2. The van der Waals surface area contributed by atoms with Crippen LogP contribution in [-0.2, 0) is 19.4 Å². The van der Waals surface area contributed by atoms with Gasteiger partial charge < -0.3 is 10.2 Å². The molecule has 0 bridgehead atoms. The first-order chi connectivity index (χ1) is 17.9. The van der Waals surface area contributed by atoms with Gasteiger partial charge in [0, 0.05) is 24.9 Å². The van der Waals surface area contributed by atoms with E-state index in [4.69, 9.17) is 0 Å².